The van der Waals surface area contributed by atoms with Crippen LogP contribution in [0.4, 0.5) is 18.9 Å². The lowest BCUT2D eigenvalue weighted by Gasteiger charge is -2.11. The summed E-state index contributed by atoms with van der Waals surface area (Å²) in [5.74, 6) is -0.849. The third-order valence-corrected chi connectivity index (χ3v) is 4.77. The number of carbonyl (C=O) groups is 1. The van der Waals surface area contributed by atoms with Gasteiger partial charge in [-0.3, -0.25) is 19.1 Å². The Labute approximate surface area is 172 Å². The third-order valence-electron chi connectivity index (χ3n) is 4.50. The molecule has 11 heteroatoms. The van der Waals surface area contributed by atoms with Crippen LogP contribution >= 0.6 is 11.6 Å². The van der Waals surface area contributed by atoms with Crippen molar-refractivity contribution in [1.29, 1.82) is 0 Å². The number of aromatic nitrogens is 3. The summed E-state index contributed by atoms with van der Waals surface area (Å²) in [4.78, 5) is 37.2. The molecule has 1 amide bonds. The quantitative estimate of drug-likeness (QED) is 0.677. The first-order valence-electron chi connectivity index (χ1n) is 8.61. The maximum atomic E-state index is 13.0. The Bertz CT molecular complexity index is 1230. The number of nitrogens with one attached hydrogen (secondary N) is 1. The second-order valence-corrected chi connectivity index (χ2v) is 6.90. The van der Waals surface area contributed by atoms with E-state index in [4.69, 9.17) is 11.6 Å². The molecule has 7 nitrogen and oxygen atoms in total. The summed E-state index contributed by atoms with van der Waals surface area (Å²) in [5, 5.41) is 1.72. The summed E-state index contributed by atoms with van der Waals surface area (Å²) in [6.45, 7) is 0.853. The standard InChI is InChI=1S/C19H16ClF3N4O3/c1-11-16(18(30)27(25(11)2)13-6-4-3-5-7-13)24-15(28)10-26-9-12(19(21,22)23)8-14(20)17(26)29/h3-9H,10H2,1-2H3,(H,24,28). The Hall–Kier alpha value is -3.27. The minimum atomic E-state index is -4.74. The Balaban J connectivity index is 1.93. The molecular formula is C19H16ClF3N4O3. The number of anilines is 1. The number of hydrogen-bond donors (Lipinski definition) is 1. The Morgan fingerprint density at radius 2 is 1.77 bits per heavy atom. The van der Waals surface area contributed by atoms with Crippen LogP contribution < -0.4 is 16.4 Å². The van der Waals surface area contributed by atoms with Gasteiger partial charge in [0.2, 0.25) is 5.91 Å². The summed E-state index contributed by atoms with van der Waals surface area (Å²) >= 11 is 5.59. The molecular weight excluding hydrogens is 425 g/mol. The molecule has 3 rings (SSSR count). The van der Waals surface area contributed by atoms with Crippen LogP contribution in [0.25, 0.3) is 5.69 Å². The van der Waals surface area contributed by atoms with Crippen molar-refractivity contribution in [2.75, 3.05) is 5.32 Å². The Morgan fingerprint density at radius 1 is 1.13 bits per heavy atom. The minimum Gasteiger partial charge on any atom is -0.318 e. The highest BCUT2D eigenvalue weighted by Gasteiger charge is 2.32. The number of carbonyl (C=O) groups excluding carboxylic acids is 1. The van der Waals surface area contributed by atoms with Gasteiger partial charge in [0.05, 0.1) is 16.9 Å². The number of alkyl halides is 3. The number of benzene rings is 1. The first-order chi connectivity index (χ1) is 14.0. The van der Waals surface area contributed by atoms with Crippen LogP contribution in [-0.4, -0.2) is 19.8 Å². The summed E-state index contributed by atoms with van der Waals surface area (Å²) in [5.41, 5.74) is -1.70. The molecule has 0 fully saturated rings. The zero-order valence-corrected chi connectivity index (χ0v) is 16.6. The van der Waals surface area contributed by atoms with Crippen molar-refractivity contribution >= 4 is 23.2 Å². The molecule has 0 saturated heterocycles. The van der Waals surface area contributed by atoms with Crippen LogP contribution in [0.5, 0.6) is 0 Å². The van der Waals surface area contributed by atoms with Crippen LogP contribution in [-0.2, 0) is 24.6 Å². The monoisotopic (exact) mass is 440 g/mol. The molecule has 0 radical (unpaired) electrons. The number of rotatable bonds is 4. The average Bonchev–Trinajstić information content (AvgIpc) is 2.88. The number of hydrogen-bond acceptors (Lipinski definition) is 3. The van der Waals surface area contributed by atoms with E-state index in [2.05, 4.69) is 5.32 Å². The summed E-state index contributed by atoms with van der Waals surface area (Å²) in [7, 11) is 1.62. The van der Waals surface area contributed by atoms with Crippen molar-refractivity contribution in [2.24, 2.45) is 7.05 Å². The van der Waals surface area contributed by atoms with E-state index in [1.807, 2.05) is 0 Å². The molecule has 3 aromatic rings. The van der Waals surface area contributed by atoms with E-state index in [1.165, 1.54) is 9.36 Å². The van der Waals surface area contributed by atoms with E-state index in [9.17, 15) is 27.6 Å². The first-order valence-corrected chi connectivity index (χ1v) is 8.99. The first kappa shape index (κ1) is 21.4. The molecule has 0 aliphatic heterocycles. The van der Waals surface area contributed by atoms with Crippen molar-refractivity contribution < 1.29 is 18.0 Å². The lowest BCUT2D eigenvalue weighted by molar-refractivity contribution is -0.138. The summed E-state index contributed by atoms with van der Waals surface area (Å²) < 4.78 is 42.3. The molecule has 0 bridgehead atoms. The molecule has 158 valence electrons. The zero-order valence-electron chi connectivity index (χ0n) is 15.8. The van der Waals surface area contributed by atoms with E-state index in [0.717, 1.165) is 0 Å². The predicted molar refractivity (Wildman–Crippen MR) is 105 cm³/mol. The van der Waals surface area contributed by atoms with Crippen molar-refractivity contribution in [2.45, 2.75) is 19.6 Å². The van der Waals surface area contributed by atoms with Crippen molar-refractivity contribution in [1.82, 2.24) is 13.9 Å². The predicted octanol–water partition coefficient (Wildman–Crippen LogP) is 2.96. The molecule has 1 aromatic carbocycles. The maximum absolute atomic E-state index is 13.0. The topological polar surface area (TPSA) is 78.0 Å². The molecule has 0 aliphatic carbocycles. The number of nitrogens with zero attached hydrogens (tertiary/aromatic N) is 3. The third kappa shape index (κ3) is 4.04. The number of amides is 1. The Morgan fingerprint density at radius 3 is 2.37 bits per heavy atom. The molecule has 0 spiro atoms. The Kier molecular flexibility index (Phi) is 5.62. The van der Waals surface area contributed by atoms with Gasteiger partial charge in [0, 0.05) is 13.2 Å². The molecule has 2 heterocycles. The molecule has 0 aliphatic rings. The summed E-state index contributed by atoms with van der Waals surface area (Å²) in [6.07, 6.45) is -4.23. The van der Waals surface area contributed by atoms with Gasteiger partial charge in [-0.25, -0.2) is 4.68 Å². The highest BCUT2D eigenvalue weighted by atomic mass is 35.5. The van der Waals surface area contributed by atoms with Gasteiger partial charge in [0.25, 0.3) is 11.1 Å². The van der Waals surface area contributed by atoms with Gasteiger partial charge in [-0.2, -0.15) is 13.2 Å². The van der Waals surface area contributed by atoms with Crippen molar-refractivity contribution in [3.63, 3.8) is 0 Å². The number of halogens is 4. The largest absolute Gasteiger partial charge is 0.417 e. The van der Waals surface area contributed by atoms with Gasteiger partial charge < -0.3 is 9.88 Å². The van der Waals surface area contributed by atoms with Gasteiger partial charge in [0.1, 0.15) is 17.3 Å². The fraction of sp³-hybridized carbons (Fsp3) is 0.211. The lowest BCUT2D eigenvalue weighted by atomic mass is 10.2. The second kappa shape index (κ2) is 7.86. The minimum absolute atomic E-state index is 0.0440. The lowest BCUT2D eigenvalue weighted by Crippen LogP contribution is -2.30. The van der Waals surface area contributed by atoms with Crippen LogP contribution in [0.2, 0.25) is 5.02 Å². The van der Waals surface area contributed by atoms with E-state index >= 15 is 0 Å². The molecule has 1 N–H and O–H groups in total. The molecule has 0 atom stereocenters. The average molecular weight is 441 g/mol. The summed E-state index contributed by atoms with van der Waals surface area (Å²) in [6, 6.07) is 9.18. The number of para-hydroxylation sites is 1. The highest BCUT2D eigenvalue weighted by molar-refractivity contribution is 6.30. The van der Waals surface area contributed by atoms with Gasteiger partial charge >= 0.3 is 6.18 Å². The van der Waals surface area contributed by atoms with Gasteiger partial charge in [-0.1, -0.05) is 29.8 Å². The number of pyridine rings is 1. The van der Waals surface area contributed by atoms with Crippen molar-refractivity contribution in [3.8, 4) is 5.69 Å². The van der Waals surface area contributed by atoms with Crippen molar-refractivity contribution in [3.05, 3.63) is 79.6 Å². The molecule has 2 aromatic heterocycles. The molecule has 0 unspecified atom stereocenters. The van der Waals surface area contributed by atoms with Crippen LogP contribution in [0, 0.1) is 6.92 Å². The fourth-order valence-electron chi connectivity index (χ4n) is 2.92. The van der Waals surface area contributed by atoms with Gasteiger partial charge in [-0.15, -0.1) is 0 Å². The van der Waals surface area contributed by atoms with E-state index in [1.54, 1.807) is 44.3 Å². The van der Waals surface area contributed by atoms with Crippen LogP contribution in [0.3, 0.4) is 0 Å². The van der Waals surface area contributed by atoms with Gasteiger partial charge in [0.15, 0.2) is 0 Å². The SMILES string of the molecule is Cc1c(NC(=O)Cn2cc(C(F)(F)F)cc(Cl)c2=O)c(=O)n(-c2ccccc2)n1C. The highest BCUT2D eigenvalue weighted by Crippen LogP contribution is 2.29. The van der Waals surface area contributed by atoms with E-state index in [-0.39, 0.29) is 5.69 Å². The second-order valence-electron chi connectivity index (χ2n) is 6.49. The van der Waals surface area contributed by atoms with E-state index in [0.29, 0.717) is 28.2 Å². The fourth-order valence-corrected chi connectivity index (χ4v) is 3.14. The normalized spacial score (nSPS) is 11.5. The maximum Gasteiger partial charge on any atom is 0.417 e. The zero-order chi connectivity index (χ0) is 22.2. The molecule has 30 heavy (non-hydrogen) atoms. The van der Waals surface area contributed by atoms with E-state index < -0.39 is 40.3 Å². The molecule has 0 saturated carbocycles. The van der Waals surface area contributed by atoms with Crippen LogP contribution in [0.15, 0.2) is 52.2 Å². The smallest absolute Gasteiger partial charge is 0.318 e. The van der Waals surface area contributed by atoms with Crippen LogP contribution in [0.1, 0.15) is 11.3 Å². The van der Waals surface area contributed by atoms with Gasteiger partial charge in [-0.05, 0) is 25.1 Å².